The quantitative estimate of drug-likeness (QED) is 0.288. The van der Waals surface area contributed by atoms with Crippen LogP contribution < -0.4 is 0 Å². The highest BCUT2D eigenvalue weighted by molar-refractivity contribution is 6.12. The summed E-state index contributed by atoms with van der Waals surface area (Å²) >= 11 is 0. The van der Waals surface area contributed by atoms with E-state index in [0.717, 1.165) is 5.69 Å². The summed E-state index contributed by atoms with van der Waals surface area (Å²) < 4.78 is 0. The van der Waals surface area contributed by atoms with Crippen LogP contribution in [0.5, 0.6) is 0 Å². The van der Waals surface area contributed by atoms with E-state index in [2.05, 4.69) is 112 Å². The molecule has 0 spiro atoms. The molecule has 5 aromatic rings. The topological polar surface area (TPSA) is 31.6 Å². The molecule has 3 aromatic carbocycles. The standard InChI is InChI=1S/C28H30N2/c1-27(2,3)18-11-12-24-20(14-18)21-15-19(28(4,5)6)16-22(26(21)30-24)25-13-17-9-7-8-10-23(17)29-25/h7-16,29-30H,1-6H3. The van der Waals surface area contributed by atoms with E-state index in [0.29, 0.717) is 0 Å². The van der Waals surface area contributed by atoms with Crippen molar-refractivity contribution >= 4 is 32.7 Å². The first-order chi connectivity index (χ1) is 14.1. The smallest absolute Gasteiger partial charge is 0.0559 e. The van der Waals surface area contributed by atoms with Gasteiger partial charge in [0.15, 0.2) is 0 Å². The molecule has 0 saturated carbocycles. The van der Waals surface area contributed by atoms with Crippen molar-refractivity contribution in [2.24, 2.45) is 0 Å². The van der Waals surface area contributed by atoms with Crippen LogP contribution in [0.15, 0.2) is 60.7 Å². The Morgan fingerprint density at radius 1 is 0.600 bits per heavy atom. The van der Waals surface area contributed by atoms with Gasteiger partial charge >= 0.3 is 0 Å². The molecule has 0 radical (unpaired) electrons. The SMILES string of the molecule is CC(C)(C)c1ccc2[nH]c3c(-c4cc5ccccc5[nH]4)cc(C(C)(C)C)cc3c2c1. The van der Waals surface area contributed by atoms with Crippen LogP contribution in [0, 0.1) is 0 Å². The Bertz CT molecular complexity index is 1370. The zero-order chi connectivity index (χ0) is 21.3. The van der Waals surface area contributed by atoms with Gasteiger partial charge in [0, 0.05) is 38.4 Å². The molecule has 0 bridgehead atoms. The van der Waals surface area contributed by atoms with Crippen molar-refractivity contribution in [3.05, 3.63) is 71.8 Å². The first-order valence-electron chi connectivity index (χ1n) is 10.8. The number of fused-ring (bicyclic) bond motifs is 4. The fraction of sp³-hybridized carbons (Fsp3) is 0.286. The van der Waals surface area contributed by atoms with Crippen molar-refractivity contribution in [2.45, 2.75) is 52.4 Å². The van der Waals surface area contributed by atoms with Crippen molar-refractivity contribution < 1.29 is 0 Å². The van der Waals surface area contributed by atoms with Gasteiger partial charge in [0.05, 0.1) is 5.52 Å². The molecule has 0 aliphatic carbocycles. The number of nitrogens with one attached hydrogen (secondary N) is 2. The van der Waals surface area contributed by atoms with Gasteiger partial charge in [-0.3, -0.25) is 0 Å². The molecule has 0 atom stereocenters. The van der Waals surface area contributed by atoms with Crippen LogP contribution in [0.1, 0.15) is 52.7 Å². The van der Waals surface area contributed by atoms with Gasteiger partial charge in [0.1, 0.15) is 0 Å². The number of hydrogen-bond donors (Lipinski definition) is 2. The number of benzene rings is 3. The van der Waals surface area contributed by atoms with Gasteiger partial charge in [-0.1, -0.05) is 65.8 Å². The van der Waals surface area contributed by atoms with Gasteiger partial charge in [-0.05, 0) is 58.4 Å². The normalized spacial score (nSPS) is 13.0. The summed E-state index contributed by atoms with van der Waals surface area (Å²) in [6.07, 6.45) is 0. The second kappa shape index (κ2) is 6.25. The highest BCUT2D eigenvalue weighted by Crippen LogP contribution is 2.39. The fourth-order valence-corrected chi connectivity index (χ4v) is 4.33. The summed E-state index contributed by atoms with van der Waals surface area (Å²) in [6.45, 7) is 13.7. The Morgan fingerprint density at radius 2 is 1.30 bits per heavy atom. The average Bonchev–Trinajstić information content (AvgIpc) is 3.26. The number of aromatic nitrogens is 2. The van der Waals surface area contributed by atoms with E-state index in [1.807, 2.05) is 0 Å². The van der Waals surface area contributed by atoms with Gasteiger partial charge < -0.3 is 9.97 Å². The summed E-state index contributed by atoms with van der Waals surface area (Å²) in [7, 11) is 0. The molecule has 152 valence electrons. The number of rotatable bonds is 1. The maximum Gasteiger partial charge on any atom is 0.0559 e. The van der Waals surface area contributed by atoms with E-state index in [1.165, 1.54) is 49.4 Å². The zero-order valence-electron chi connectivity index (χ0n) is 18.8. The number of hydrogen-bond acceptors (Lipinski definition) is 0. The van der Waals surface area contributed by atoms with E-state index in [1.54, 1.807) is 0 Å². The largest absolute Gasteiger partial charge is 0.354 e. The molecular weight excluding hydrogens is 364 g/mol. The van der Waals surface area contributed by atoms with E-state index in [4.69, 9.17) is 0 Å². The van der Waals surface area contributed by atoms with Gasteiger partial charge in [-0.25, -0.2) is 0 Å². The number of para-hydroxylation sites is 1. The van der Waals surface area contributed by atoms with Crippen LogP contribution in [-0.2, 0) is 10.8 Å². The second-order valence-corrected chi connectivity index (χ2v) is 10.6. The Balaban J connectivity index is 1.87. The Labute approximate surface area is 178 Å². The van der Waals surface area contributed by atoms with Crippen molar-refractivity contribution in [1.82, 2.24) is 9.97 Å². The molecule has 0 aliphatic heterocycles. The van der Waals surface area contributed by atoms with E-state index < -0.39 is 0 Å². The summed E-state index contributed by atoms with van der Waals surface area (Å²) in [5.74, 6) is 0. The Hall–Kier alpha value is -3.00. The fourth-order valence-electron chi connectivity index (χ4n) is 4.33. The minimum Gasteiger partial charge on any atom is -0.354 e. The molecular formula is C28H30N2. The number of H-pyrrole nitrogens is 2. The minimum absolute atomic E-state index is 0.0696. The lowest BCUT2D eigenvalue weighted by molar-refractivity contribution is 0.590. The lowest BCUT2D eigenvalue weighted by Gasteiger charge is -2.21. The average molecular weight is 395 g/mol. The van der Waals surface area contributed by atoms with Crippen LogP contribution in [0.3, 0.4) is 0 Å². The van der Waals surface area contributed by atoms with Crippen LogP contribution in [0.25, 0.3) is 44.0 Å². The Morgan fingerprint density at radius 3 is 2.00 bits per heavy atom. The maximum atomic E-state index is 3.73. The van der Waals surface area contributed by atoms with Gasteiger partial charge in [0.2, 0.25) is 0 Å². The molecule has 0 saturated heterocycles. The third-order valence-electron chi connectivity index (χ3n) is 6.26. The van der Waals surface area contributed by atoms with Gasteiger partial charge in [-0.2, -0.15) is 0 Å². The first-order valence-corrected chi connectivity index (χ1v) is 10.8. The van der Waals surface area contributed by atoms with Crippen molar-refractivity contribution in [3.8, 4) is 11.3 Å². The molecule has 0 amide bonds. The second-order valence-electron chi connectivity index (χ2n) is 10.6. The predicted octanol–water partition coefficient (Wildman–Crippen LogP) is 8.06. The van der Waals surface area contributed by atoms with Crippen molar-refractivity contribution in [1.29, 1.82) is 0 Å². The highest BCUT2D eigenvalue weighted by Gasteiger charge is 2.21. The zero-order valence-corrected chi connectivity index (χ0v) is 18.8. The summed E-state index contributed by atoms with van der Waals surface area (Å²) in [4.78, 5) is 7.37. The predicted molar refractivity (Wildman–Crippen MR) is 130 cm³/mol. The third-order valence-corrected chi connectivity index (χ3v) is 6.26. The van der Waals surface area contributed by atoms with Crippen molar-refractivity contribution in [2.75, 3.05) is 0 Å². The van der Waals surface area contributed by atoms with Gasteiger partial charge in [0.25, 0.3) is 0 Å². The van der Waals surface area contributed by atoms with E-state index >= 15 is 0 Å². The molecule has 5 rings (SSSR count). The summed E-state index contributed by atoms with van der Waals surface area (Å²) in [6, 6.07) is 22.4. The maximum absolute atomic E-state index is 3.73. The molecule has 0 fully saturated rings. The molecule has 30 heavy (non-hydrogen) atoms. The molecule has 0 aliphatic rings. The monoisotopic (exact) mass is 394 g/mol. The molecule has 2 aromatic heterocycles. The summed E-state index contributed by atoms with van der Waals surface area (Å²) in [5, 5.41) is 3.85. The molecule has 2 N–H and O–H groups in total. The summed E-state index contributed by atoms with van der Waals surface area (Å²) in [5.41, 5.74) is 8.89. The highest BCUT2D eigenvalue weighted by atomic mass is 14.7. The van der Waals surface area contributed by atoms with E-state index in [-0.39, 0.29) is 10.8 Å². The van der Waals surface area contributed by atoms with Gasteiger partial charge in [-0.15, -0.1) is 0 Å². The first kappa shape index (κ1) is 19.0. The lowest BCUT2D eigenvalue weighted by Crippen LogP contribution is -2.11. The molecule has 2 heteroatoms. The number of aromatic amines is 2. The van der Waals surface area contributed by atoms with Crippen molar-refractivity contribution in [3.63, 3.8) is 0 Å². The molecule has 2 heterocycles. The van der Waals surface area contributed by atoms with E-state index in [9.17, 15) is 0 Å². The minimum atomic E-state index is 0.0696. The lowest BCUT2D eigenvalue weighted by atomic mass is 9.84. The van der Waals surface area contributed by atoms with Crippen LogP contribution in [0.4, 0.5) is 0 Å². The van der Waals surface area contributed by atoms with Crippen LogP contribution in [0.2, 0.25) is 0 Å². The third kappa shape index (κ3) is 3.02. The van der Waals surface area contributed by atoms with Crippen LogP contribution >= 0.6 is 0 Å². The molecule has 2 nitrogen and oxygen atoms in total. The van der Waals surface area contributed by atoms with Crippen LogP contribution in [-0.4, -0.2) is 9.97 Å². The molecule has 0 unspecified atom stereocenters. The Kier molecular flexibility index (Phi) is 3.96.